The van der Waals surface area contributed by atoms with E-state index in [1.807, 2.05) is 18.7 Å². The van der Waals surface area contributed by atoms with E-state index in [4.69, 9.17) is 0 Å². The second-order valence-corrected chi connectivity index (χ2v) is 6.42. The van der Waals surface area contributed by atoms with Crippen LogP contribution in [0, 0.1) is 0 Å². The molecule has 0 saturated carbocycles. The van der Waals surface area contributed by atoms with E-state index in [0.717, 1.165) is 18.8 Å². The lowest BCUT2D eigenvalue weighted by Gasteiger charge is -2.39. The van der Waals surface area contributed by atoms with Crippen molar-refractivity contribution in [3.63, 3.8) is 0 Å². The third-order valence-electron chi connectivity index (χ3n) is 2.44. The van der Waals surface area contributed by atoms with Gasteiger partial charge in [0.15, 0.2) is 5.96 Å². The van der Waals surface area contributed by atoms with Crippen molar-refractivity contribution in [2.24, 2.45) is 4.99 Å². The van der Waals surface area contributed by atoms with Crippen LogP contribution >= 0.6 is 11.8 Å². The molecule has 17 heavy (non-hydrogen) atoms. The molecule has 1 heterocycles. The number of hydrogen-bond acceptors (Lipinski definition) is 2. The molecule has 0 unspecified atom stereocenters. The first-order chi connectivity index (χ1) is 7.94. The number of rotatable bonds is 3. The van der Waals surface area contributed by atoms with Gasteiger partial charge in [0.05, 0.1) is 0 Å². The number of aliphatic imine (C=N–C) groups is 1. The van der Waals surface area contributed by atoms with Gasteiger partial charge in [-0.1, -0.05) is 0 Å². The van der Waals surface area contributed by atoms with Crippen LogP contribution in [0.3, 0.4) is 0 Å². The molecule has 0 aromatic rings. The maximum atomic E-state index is 12.2. The first-order valence-electron chi connectivity index (χ1n) is 5.90. The normalized spacial score (nSPS) is 20.8. The summed E-state index contributed by atoms with van der Waals surface area (Å²) in [6.07, 6.45) is -2.38. The van der Waals surface area contributed by atoms with E-state index in [1.54, 1.807) is 0 Å². The Morgan fingerprint density at radius 3 is 2.76 bits per heavy atom. The molecular weight excluding hydrogens is 244 g/mol. The molecule has 1 aliphatic heterocycles. The Kier molecular flexibility index (Phi) is 5.49. The molecule has 0 atom stereocenters. The molecule has 0 aromatic heterocycles. The van der Waals surface area contributed by atoms with Gasteiger partial charge in [0.2, 0.25) is 0 Å². The first-order valence-corrected chi connectivity index (χ1v) is 6.88. The summed E-state index contributed by atoms with van der Waals surface area (Å²) < 4.78 is 24.5. The lowest BCUT2D eigenvalue weighted by atomic mass is 10.2. The van der Waals surface area contributed by atoms with Gasteiger partial charge < -0.3 is 10.2 Å². The molecule has 0 aromatic carbocycles. The molecule has 1 rings (SSSR count). The number of hydrogen-bond donors (Lipinski definition) is 1. The second kappa shape index (κ2) is 6.42. The van der Waals surface area contributed by atoms with Gasteiger partial charge in [0.1, 0.15) is 6.54 Å². The van der Waals surface area contributed by atoms with Crippen molar-refractivity contribution in [2.45, 2.75) is 31.9 Å². The standard InChI is InChI=1S/C11H21F2N3S/c1-4-14-10(15-7-9(12)13)16-5-6-17-11(2,3)8-16/h9H,4-8H2,1-3H3,(H,14,15). The highest BCUT2D eigenvalue weighted by atomic mass is 32.2. The number of halogens is 2. The van der Waals surface area contributed by atoms with Crippen LogP contribution < -0.4 is 5.32 Å². The third kappa shape index (κ3) is 5.10. The lowest BCUT2D eigenvalue weighted by molar-refractivity contribution is 0.158. The topological polar surface area (TPSA) is 27.6 Å². The average Bonchev–Trinajstić information content (AvgIpc) is 2.22. The Labute approximate surface area is 106 Å². The summed E-state index contributed by atoms with van der Waals surface area (Å²) in [6.45, 7) is 8.26. The summed E-state index contributed by atoms with van der Waals surface area (Å²) in [5, 5.41) is 3.08. The Bertz CT molecular complexity index is 269. The maximum Gasteiger partial charge on any atom is 0.257 e. The number of nitrogens with one attached hydrogen (secondary N) is 1. The molecule has 0 spiro atoms. The molecule has 0 aliphatic carbocycles. The van der Waals surface area contributed by atoms with E-state index in [-0.39, 0.29) is 4.75 Å². The fraction of sp³-hybridized carbons (Fsp3) is 0.909. The second-order valence-electron chi connectivity index (χ2n) is 4.62. The van der Waals surface area contributed by atoms with Crippen LogP contribution in [0.25, 0.3) is 0 Å². The molecule has 1 N–H and O–H groups in total. The van der Waals surface area contributed by atoms with E-state index in [9.17, 15) is 8.78 Å². The average molecular weight is 265 g/mol. The minimum atomic E-state index is -2.38. The molecule has 100 valence electrons. The summed E-state index contributed by atoms with van der Waals surface area (Å²) in [4.78, 5) is 6.05. The summed E-state index contributed by atoms with van der Waals surface area (Å²) in [6, 6.07) is 0. The van der Waals surface area contributed by atoms with Crippen molar-refractivity contribution < 1.29 is 8.78 Å². The third-order valence-corrected chi connectivity index (χ3v) is 3.74. The number of nitrogens with zero attached hydrogens (tertiary/aromatic N) is 2. The van der Waals surface area contributed by atoms with Crippen LogP contribution in [-0.4, -0.2) is 54.0 Å². The highest BCUT2D eigenvalue weighted by Crippen LogP contribution is 2.29. The number of guanidine groups is 1. The Morgan fingerprint density at radius 1 is 1.53 bits per heavy atom. The van der Waals surface area contributed by atoms with Crippen LogP contribution in [0.1, 0.15) is 20.8 Å². The van der Waals surface area contributed by atoms with Crippen LogP contribution in [0.15, 0.2) is 4.99 Å². The predicted octanol–water partition coefficient (Wildman–Crippen LogP) is 2.04. The van der Waals surface area contributed by atoms with E-state index in [1.165, 1.54) is 0 Å². The van der Waals surface area contributed by atoms with Crippen LogP contribution in [0.2, 0.25) is 0 Å². The van der Waals surface area contributed by atoms with Crippen LogP contribution in [-0.2, 0) is 0 Å². The molecule has 0 amide bonds. The smallest absolute Gasteiger partial charge is 0.257 e. The quantitative estimate of drug-likeness (QED) is 0.625. The van der Waals surface area contributed by atoms with Gasteiger partial charge >= 0.3 is 0 Å². The van der Waals surface area contributed by atoms with Crippen LogP contribution in [0.5, 0.6) is 0 Å². The fourth-order valence-corrected chi connectivity index (χ4v) is 2.89. The van der Waals surface area contributed by atoms with Gasteiger partial charge in [-0.15, -0.1) is 0 Å². The van der Waals surface area contributed by atoms with E-state index in [0.29, 0.717) is 12.5 Å². The Hall–Kier alpha value is -0.520. The molecular formula is C11H21F2N3S. The van der Waals surface area contributed by atoms with Crippen molar-refractivity contribution >= 4 is 17.7 Å². The van der Waals surface area contributed by atoms with Gasteiger partial charge in [-0.25, -0.2) is 13.8 Å². The summed E-state index contributed by atoms with van der Waals surface area (Å²) in [7, 11) is 0. The molecule has 1 aliphatic rings. The van der Waals surface area contributed by atoms with Crippen molar-refractivity contribution in [1.82, 2.24) is 10.2 Å². The monoisotopic (exact) mass is 265 g/mol. The van der Waals surface area contributed by atoms with E-state index < -0.39 is 13.0 Å². The van der Waals surface area contributed by atoms with Crippen molar-refractivity contribution in [2.75, 3.05) is 31.9 Å². The minimum absolute atomic E-state index is 0.152. The highest BCUT2D eigenvalue weighted by molar-refractivity contribution is 8.00. The van der Waals surface area contributed by atoms with Gasteiger partial charge in [-0.05, 0) is 20.8 Å². The van der Waals surface area contributed by atoms with E-state index in [2.05, 4.69) is 29.1 Å². The van der Waals surface area contributed by atoms with Gasteiger partial charge in [0, 0.05) is 30.1 Å². The fourth-order valence-electron chi connectivity index (χ4n) is 1.78. The minimum Gasteiger partial charge on any atom is -0.357 e. The van der Waals surface area contributed by atoms with Crippen molar-refractivity contribution in [1.29, 1.82) is 0 Å². The molecule has 6 heteroatoms. The largest absolute Gasteiger partial charge is 0.357 e. The molecule has 0 radical (unpaired) electrons. The zero-order chi connectivity index (χ0) is 12.9. The molecule has 3 nitrogen and oxygen atoms in total. The zero-order valence-electron chi connectivity index (χ0n) is 10.7. The van der Waals surface area contributed by atoms with E-state index >= 15 is 0 Å². The highest BCUT2D eigenvalue weighted by Gasteiger charge is 2.28. The SMILES string of the molecule is CCNC(=NCC(F)F)N1CCSC(C)(C)C1. The van der Waals surface area contributed by atoms with Crippen LogP contribution in [0.4, 0.5) is 8.78 Å². The zero-order valence-corrected chi connectivity index (χ0v) is 11.5. The van der Waals surface area contributed by atoms with Gasteiger partial charge in [-0.3, -0.25) is 0 Å². The Morgan fingerprint density at radius 2 is 2.24 bits per heavy atom. The van der Waals surface area contributed by atoms with Gasteiger partial charge in [0.25, 0.3) is 6.43 Å². The Balaban J connectivity index is 2.66. The maximum absolute atomic E-state index is 12.2. The summed E-state index contributed by atoms with van der Waals surface area (Å²) in [5.41, 5.74) is 0. The van der Waals surface area contributed by atoms with Gasteiger partial charge in [-0.2, -0.15) is 11.8 Å². The van der Waals surface area contributed by atoms with Crippen molar-refractivity contribution in [3.05, 3.63) is 0 Å². The molecule has 0 bridgehead atoms. The summed E-state index contributed by atoms with van der Waals surface area (Å²) in [5.74, 6) is 1.62. The lowest BCUT2D eigenvalue weighted by Crippen LogP contribution is -2.51. The summed E-state index contributed by atoms with van der Waals surface area (Å²) >= 11 is 1.91. The van der Waals surface area contributed by atoms with Crippen molar-refractivity contribution in [3.8, 4) is 0 Å². The molecule has 1 saturated heterocycles. The first kappa shape index (κ1) is 14.5. The molecule has 1 fully saturated rings. The predicted molar refractivity (Wildman–Crippen MR) is 70.1 cm³/mol. The number of thioether (sulfide) groups is 1. The number of alkyl halides is 2.